The molecule has 1 aromatic heterocycles. The number of aliphatic carboxylic acids is 1. The van der Waals surface area contributed by atoms with Crippen molar-refractivity contribution in [1.82, 2.24) is 10.2 Å². The van der Waals surface area contributed by atoms with Crippen LogP contribution in [0, 0.1) is 5.92 Å². The number of rotatable bonds is 6. The number of amides is 2. The van der Waals surface area contributed by atoms with Gasteiger partial charge < -0.3 is 19.7 Å². The number of carboxylic acids is 1. The predicted molar refractivity (Wildman–Crippen MR) is 73.2 cm³/mol. The van der Waals surface area contributed by atoms with E-state index in [2.05, 4.69) is 21.2 Å². The Morgan fingerprint density at radius 1 is 1.45 bits per heavy atom. The van der Waals surface area contributed by atoms with Crippen LogP contribution in [-0.4, -0.2) is 47.9 Å². The average molecular weight is 347 g/mol. The van der Waals surface area contributed by atoms with Crippen LogP contribution in [0.25, 0.3) is 0 Å². The fraction of sp³-hybridized carbons (Fsp3) is 0.417. The van der Waals surface area contributed by atoms with Crippen LogP contribution in [0.5, 0.6) is 0 Å². The van der Waals surface area contributed by atoms with Crippen molar-refractivity contribution in [2.24, 2.45) is 5.92 Å². The molecule has 0 fully saturated rings. The molecule has 0 aliphatic rings. The maximum Gasteiger partial charge on any atom is 0.308 e. The van der Waals surface area contributed by atoms with Crippen molar-refractivity contribution >= 4 is 33.7 Å². The lowest BCUT2D eigenvalue weighted by Gasteiger charge is -2.16. The number of furan rings is 1. The molecule has 0 saturated carbocycles. The van der Waals surface area contributed by atoms with Crippen molar-refractivity contribution in [3.05, 3.63) is 22.6 Å². The summed E-state index contributed by atoms with van der Waals surface area (Å²) in [5.41, 5.74) is 0. The molecule has 1 unspecified atom stereocenters. The number of carbonyl (C=O) groups is 3. The Bertz CT molecular complexity index is 514. The SMILES string of the molecule is CC(CNC(=O)CN(C)C(=O)c1ccc(Br)o1)C(=O)O. The monoisotopic (exact) mass is 346 g/mol. The Labute approximate surface area is 124 Å². The maximum absolute atomic E-state index is 11.9. The van der Waals surface area contributed by atoms with Crippen LogP contribution in [0.3, 0.4) is 0 Å². The number of hydrogen-bond donors (Lipinski definition) is 2. The molecule has 8 heteroatoms. The molecule has 2 N–H and O–H groups in total. The summed E-state index contributed by atoms with van der Waals surface area (Å²) in [6.45, 7) is 1.32. The summed E-state index contributed by atoms with van der Waals surface area (Å²) in [6, 6.07) is 3.07. The van der Waals surface area contributed by atoms with E-state index in [-0.39, 0.29) is 18.8 Å². The van der Waals surface area contributed by atoms with Crippen LogP contribution in [-0.2, 0) is 9.59 Å². The number of hydrogen-bond acceptors (Lipinski definition) is 4. The van der Waals surface area contributed by atoms with Crippen LogP contribution in [0.1, 0.15) is 17.5 Å². The van der Waals surface area contributed by atoms with Gasteiger partial charge >= 0.3 is 5.97 Å². The summed E-state index contributed by atoms with van der Waals surface area (Å²) in [7, 11) is 1.46. The molecule has 0 aliphatic heterocycles. The number of nitrogens with zero attached hydrogens (tertiary/aromatic N) is 1. The standard InChI is InChI=1S/C12H15BrN2O5/c1-7(12(18)19)5-14-10(16)6-15(2)11(17)8-3-4-9(13)20-8/h3-4,7H,5-6H2,1-2H3,(H,14,16)(H,18,19). The fourth-order valence-electron chi connectivity index (χ4n) is 1.31. The molecule has 110 valence electrons. The van der Waals surface area contributed by atoms with E-state index >= 15 is 0 Å². The Kier molecular flexibility index (Phi) is 5.75. The highest BCUT2D eigenvalue weighted by molar-refractivity contribution is 9.10. The second-order valence-electron chi connectivity index (χ2n) is 4.31. The van der Waals surface area contributed by atoms with E-state index in [1.54, 1.807) is 6.07 Å². The van der Waals surface area contributed by atoms with E-state index < -0.39 is 23.7 Å². The molecule has 1 rings (SSSR count). The van der Waals surface area contributed by atoms with Crippen LogP contribution in [0.15, 0.2) is 21.2 Å². The number of nitrogens with one attached hydrogen (secondary N) is 1. The highest BCUT2D eigenvalue weighted by atomic mass is 79.9. The lowest BCUT2D eigenvalue weighted by atomic mass is 10.2. The first-order valence-electron chi connectivity index (χ1n) is 5.81. The number of carbonyl (C=O) groups excluding carboxylic acids is 2. The largest absolute Gasteiger partial charge is 0.481 e. The van der Waals surface area contributed by atoms with Crippen molar-refractivity contribution in [2.75, 3.05) is 20.1 Å². The zero-order chi connectivity index (χ0) is 15.3. The van der Waals surface area contributed by atoms with Crippen molar-refractivity contribution in [3.8, 4) is 0 Å². The first-order valence-corrected chi connectivity index (χ1v) is 6.61. The van der Waals surface area contributed by atoms with Crippen LogP contribution < -0.4 is 5.32 Å². The lowest BCUT2D eigenvalue weighted by Crippen LogP contribution is -2.40. The van der Waals surface area contributed by atoms with Gasteiger partial charge in [-0.05, 0) is 28.1 Å². The van der Waals surface area contributed by atoms with Crippen molar-refractivity contribution in [3.63, 3.8) is 0 Å². The number of carboxylic acid groups (broad SMARTS) is 1. The number of likely N-dealkylation sites (N-methyl/N-ethyl adjacent to an activating group) is 1. The van der Waals surface area contributed by atoms with Gasteiger partial charge in [0.25, 0.3) is 5.91 Å². The molecular weight excluding hydrogens is 332 g/mol. The van der Waals surface area contributed by atoms with E-state index in [9.17, 15) is 14.4 Å². The smallest absolute Gasteiger partial charge is 0.308 e. The Hall–Kier alpha value is -1.83. The molecule has 0 aliphatic carbocycles. The zero-order valence-electron chi connectivity index (χ0n) is 11.1. The van der Waals surface area contributed by atoms with Gasteiger partial charge in [0.2, 0.25) is 5.91 Å². The Morgan fingerprint density at radius 3 is 2.60 bits per heavy atom. The van der Waals surface area contributed by atoms with Gasteiger partial charge in [0.05, 0.1) is 12.5 Å². The number of halogens is 1. The normalized spacial score (nSPS) is 11.8. The molecule has 0 radical (unpaired) electrons. The van der Waals surface area contributed by atoms with Crippen LogP contribution >= 0.6 is 15.9 Å². The summed E-state index contributed by atoms with van der Waals surface area (Å²) >= 11 is 3.08. The van der Waals surface area contributed by atoms with E-state index in [0.29, 0.717) is 4.67 Å². The summed E-state index contributed by atoms with van der Waals surface area (Å²) in [5, 5.41) is 11.1. The third-order valence-electron chi connectivity index (χ3n) is 2.54. The molecule has 7 nitrogen and oxygen atoms in total. The molecule has 1 aromatic rings. The first kappa shape index (κ1) is 16.2. The minimum Gasteiger partial charge on any atom is -0.481 e. The van der Waals surface area contributed by atoms with Gasteiger partial charge in [-0.15, -0.1) is 0 Å². The Balaban J connectivity index is 2.45. The first-order chi connectivity index (χ1) is 9.31. The van der Waals surface area contributed by atoms with Crippen LogP contribution in [0.4, 0.5) is 0 Å². The zero-order valence-corrected chi connectivity index (χ0v) is 12.6. The predicted octanol–water partition coefficient (Wildman–Crippen LogP) is 0.951. The van der Waals surface area contributed by atoms with Crippen LogP contribution in [0.2, 0.25) is 0 Å². The summed E-state index contributed by atoms with van der Waals surface area (Å²) in [6.07, 6.45) is 0. The molecule has 0 bridgehead atoms. The van der Waals surface area contributed by atoms with Gasteiger partial charge in [-0.25, -0.2) is 0 Å². The van der Waals surface area contributed by atoms with Gasteiger partial charge in [0, 0.05) is 13.6 Å². The third kappa shape index (κ3) is 4.69. The second kappa shape index (κ2) is 7.09. The summed E-state index contributed by atoms with van der Waals surface area (Å²) < 4.78 is 5.52. The quantitative estimate of drug-likeness (QED) is 0.798. The van der Waals surface area contributed by atoms with Gasteiger partial charge in [-0.2, -0.15) is 0 Å². The van der Waals surface area contributed by atoms with Gasteiger partial charge in [0.1, 0.15) is 0 Å². The molecule has 0 saturated heterocycles. The average Bonchev–Trinajstić information content (AvgIpc) is 2.81. The van der Waals surface area contributed by atoms with Gasteiger partial charge in [-0.3, -0.25) is 14.4 Å². The topological polar surface area (TPSA) is 99.9 Å². The van der Waals surface area contributed by atoms with Crippen molar-refractivity contribution in [1.29, 1.82) is 0 Å². The molecule has 1 heterocycles. The van der Waals surface area contributed by atoms with Gasteiger partial charge in [0.15, 0.2) is 10.4 Å². The minimum absolute atomic E-state index is 0.0164. The van der Waals surface area contributed by atoms with Crippen molar-refractivity contribution in [2.45, 2.75) is 6.92 Å². The van der Waals surface area contributed by atoms with E-state index in [4.69, 9.17) is 9.52 Å². The highest BCUT2D eigenvalue weighted by Gasteiger charge is 2.19. The molecule has 20 heavy (non-hydrogen) atoms. The Morgan fingerprint density at radius 2 is 2.10 bits per heavy atom. The van der Waals surface area contributed by atoms with E-state index in [0.717, 1.165) is 0 Å². The van der Waals surface area contributed by atoms with Gasteiger partial charge in [-0.1, -0.05) is 6.92 Å². The molecule has 0 spiro atoms. The molecule has 2 amide bonds. The maximum atomic E-state index is 11.9. The third-order valence-corrected chi connectivity index (χ3v) is 2.96. The van der Waals surface area contributed by atoms with E-state index in [1.807, 2.05) is 0 Å². The molecule has 0 aromatic carbocycles. The minimum atomic E-state index is -0.991. The highest BCUT2D eigenvalue weighted by Crippen LogP contribution is 2.15. The molecular formula is C12H15BrN2O5. The fourth-order valence-corrected chi connectivity index (χ4v) is 1.62. The van der Waals surface area contributed by atoms with Crippen molar-refractivity contribution < 1.29 is 23.9 Å². The summed E-state index contributed by atoms with van der Waals surface area (Å²) in [5.74, 6) is -2.42. The molecule has 1 atom stereocenters. The van der Waals surface area contributed by atoms with E-state index in [1.165, 1.54) is 24.9 Å². The lowest BCUT2D eigenvalue weighted by molar-refractivity contribution is -0.141. The summed E-state index contributed by atoms with van der Waals surface area (Å²) in [4.78, 5) is 35.2. The second-order valence-corrected chi connectivity index (χ2v) is 5.09.